The van der Waals surface area contributed by atoms with Crippen LogP contribution >= 0.6 is 0 Å². The van der Waals surface area contributed by atoms with E-state index in [1.807, 2.05) is 0 Å². The summed E-state index contributed by atoms with van der Waals surface area (Å²) in [6.07, 6.45) is -2.20. The molecule has 1 rings (SSSR count). The minimum atomic E-state index is -2.47. The van der Waals surface area contributed by atoms with Crippen LogP contribution in [-0.4, -0.2) is 34.9 Å². The van der Waals surface area contributed by atoms with E-state index in [0.29, 0.717) is 0 Å². The molecule has 0 spiro atoms. The van der Waals surface area contributed by atoms with Crippen LogP contribution in [0.5, 0.6) is 0 Å². The summed E-state index contributed by atoms with van der Waals surface area (Å²) in [7, 11) is 0. The van der Waals surface area contributed by atoms with Gasteiger partial charge in [-0.3, -0.25) is 0 Å². The molecule has 0 amide bonds. The number of nitrogens with zero attached hydrogens (tertiary/aromatic N) is 2. The highest BCUT2D eigenvalue weighted by Gasteiger charge is 2.06. The van der Waals surface area contributed by atoms with Crippen molar-refractivity contribution in [2.75, 3.05) is 13.2 Å². The van der Waals surface area contributed by atoms with Gasteiger partial charge >= 0.3 is 0 Å². The number of aliphatic hydroxyl groups excluding tert-OH is 1. The van der Waals surface area contributed by atoms with Crippen LogP contribution in [0.2, 0.25) is 0 Å². The molecule has 0 saturated heterocycles. The zero-order valence-corrected chi connectivity index (χ0v) is 7.32. The molecule has 0 unspecified atom stereocenters. The fraction of sp³-hybridized carbons (Fsp3) is 0.714. The molecule has 1 N–H and O–H groups in total. The van der Waals surface area contributed by atoms with Gasteiger partial charge in [0, 0.05) is 0 Å². The van der Waals surface area contributed by atoms with Crippen molar-refractivity contribution in [3.63, 3.8) is 0 Å². The summed E-state index contributed by atoms with van der Waals surface area (Å²) in [6, 6.07) is 0. The van der Waals surface area contributed by atoms with Crippen molar-refractivity contribution < 1.29 is 23.1 Å². The van der Waals surface area contributed by atoms with E-state index < -0.39 is 13.0 Å². The maximum atomic E-state index is 11.6. The molecule has 1 heterocycles. The number of rotatable bonds is 6. The van der Waals surface area contributed by atoms with Gasteiger partial charge in [0.1, 0.15) is 13.2 Å². The molecular formula is C7H10F2N2O3. The third-order valence-electron chi connectivity index (χ3n) is 1.36. The summed E-state index contributed by atoms with van der Waals surface area (Å²) >= 11 is 0. The van der Waals surface area contributed by atoms with E-state index in [-0.39, 0.29) is 31.3 Å². The maximum absolute atomic E-state index is 11.6. The van der Waals surface area contributed by atoms with Gasteiger partial charge in [-0.1, -0.05) is 5.16 Å². The van der Waals surface area contributed by atoms with Gasteiger partial charge in [0.15, 0.2) is 5.82 Å². The van der Waals surface area contributed by atoms with Gasteiger partial charge in [0.25, 0.3) is 6.43 Å². The lowest BCUT2D eigenvalue weighted by molar-refractivity contribution is 0.0171. The Balaban J connectivity index is 2.18. The lowest BCUT2D eigenvalue weighted by atomic mass is 10.4. The van der Waals surface area contributed by atoms with Gasteiger partial charge in [-0.05, 0) is 0 Å². The molecule has 0 bridgehead atoms. The predicted molar refractivity (Wildman–Crippen MR) is 40.7 cm³/mol. The largest absolute Gasteiger partial charge is 0.388 e. The smallest absolute Gasteiger partial charge is 0.261 e. The summed E-state index contributed by atoms with van der Waals surface area (Å²) < 4.78 is 32.5. The third kappa shape index (κ3) is 3.75. The van der Waals surface area contributed by atoms with Crippen LogP contribution in [0, 0.1) is 0 Å². The zero-order valence-electron chi connectivity index (χ0n) is 7.32. The van der Waals surface area contributed by atoms with Crippen molar-refractivity contribution in [1.82, 2.24) is 10.1 Å². The van der Waals surface area contributed by atoms with Gasteiger partial charge in [-0.15, -0.1) is 0 Å². The molecule has 0 atom stereocenters. The number of hydrogen-bond donors (Lipinski definition) is 1. The molecule has 0 aliphatic carbocycles. The summed E-state index contributed by atoms with van der Waals surface area (Å²) in [5.41, 5.74) is 0. The second kappa shape index (κ2) is 5.61. The van der Waals surface area contributed by atoms with Crippen molar-refractivity contribution in [1.29, 1.82) is 0 Å². The summed E-state index contributed by atoms with van der Waals surface area (Å²) in [6.45, 7) is -0.806. The van der Waals surface area contributed by atoms with E-state index in [1.165, 1.54) is 0 Å². The van der Waals surface area contributed by atoms with Crippen LogP contribution in [-0.2, 0) is 17.8 Å². The molecule has 14 heavy (non-hydrogen) atoms. The molecule has 0 aromatic carbocycles. The third-order valence-corrected chi connectivity index (χ3v) is 1.36. The predicted octanol–water partition coefficient (Wildman–Crippen LogP) is 0.386. The Labute approximate surface area is 78.7 Å². The molecule has 1 aromatic rings. The maximum Gasteiger partial charge on any atom is 0.261 e. The second-order valence-corrected chi connectivity index (χ2v) is 2.48. The molecule has 80 valence electrons. The Morgan fingerprint density at radius 1 is 1.50 bits per heavy atom. The minimum Gasteiger partial charge on any atom is -0.388 e. The molecule has 0 fully saturated rings. The second-order valence-electron chi connectivity index (χ2n) is 2.48. The van der Waals surface area contributed by atoms with E-state index in [2.05, 4.69) is 19.4 Å². The van der Waals surface area contributed by atoms with Crippen molar-refractivity contribution in [3.8, 4) is 0 Å². The fourth-order valence-corrected chi connectivity index (χ4v) is 0.788. The molecule has 0 radical (unpaired) electrons. The van der Waals surface area contributed by atoms with E-state index >= 15 is 0 Å². The number of halogens is 2. The molecule has 7 heteroatoms. The highest BCUT2D eigenvalue weighted by atomic mass is 19.3. The first-order chi connectivity index (χ1) is 6.72. The van der Waals surface area contributed by atoms with Crippen molar-refractivity contribution >= 4 is 0 Å². The van der Waals surface area contributed by atoms with E-state index in [0.717, 1.165) is 0 Å². The number of aliphatic hydroxyl groups is 1. The Hall–Kier alpha value is -1.08. The first-order valence-electron chi connectivity index (χ1n) is 4.00. The van der Waals surface area contributed by atoms with Crippen molar-refractivity contribution in [2.24, 2.45) is 0 Å². The van der Waals surface area contributed by atoms with Crippen LogP contribution in [0.25, 0.3) is 0 Å². The van der Waals surface area contributed by atoms with Crippen LogP contribution in [0.3, 0.4) is 0 Å². The molecule has 0 aliphatic rings. The first-order valence-corrected chi connectivity index (χ1v) is 4.00. The van der Waals surface area contributed by atoms with Crippen LogP contribution < -0.4 is 0 Å². The number of aromatic nitrogens is 2. The topological polar surface area (TPSA) is 68.4 Å². The summed E-state index contributed by atoms with van der Waals surface area (Å²) in [5, 5.41) is 12.0. The van der Waals surface area contributed by atoms with Gasteiger partial charge in [-0.25, -0.2) is 8.78 Å². The van der Waals surface area contributed by atoms with Crippen LogP contribution in [0.1, 0.15) is 11.7 Å². The standard InChI is InChI=1S/C7H10F2N2O3/c8-5(9)4-13-2-1-7-10-6(3-12)11-14-7/h5,12H,1-4H2. The van der Waals surface area contributed by atoms with Crippen LogP contribution in [0.4, 0.5) is 8.78 Å². The Bertz CT molecular complexity index is 267. The fourth-order valence-electron chi connectivity index (χ4n) is 0.788. The van der Waals surface area contributed by atoms with Crippen molar-refractivity contribution in [3.05, 3.63) is 11.7 Å². The average molecular weight is 208 g/mol. The molecular weight excluding hydrogens is 198 g/mol. The Morgan fingerprint density at radius 3 is 2.86 bits per heavy atom. The number of alkyl halides is 2. The molecule has 0 saturated carbocycles. The molecule has 5 nitrogen and oxygen atoms in total. The normalized spacial score (nSPS) is 11.1. The summed E-state index contributed by atoms with van der Waals surface area (Å²) in [5.74, 6) is 0.442. The zero-order chi connectivity index (χ0) is 10.4. The highest BCUT2D eigenvalue weighted by molar-refractivity contribution is 4.83. The number of ether oxygens (including phenoxy) is 1. The molecule has 0 aliphatic heterocycles. The minimum absolute atomic E-state index is 0.0946. The van der Waals surface area contributed by atoms with Crippen LogP contribution in [0.15, 0.2) is 4.52 Å². The molecule has 1 aromatic heterocycles. The van der Waals surface area contributed by atoms with Gasteiger partial charge in [0.2, 0.25) is 5.89 Å². The average Bonchev–Trinajstić information content (AvgIpc) is 2.60. The van der Waals surface area contributed by atoms with Gasteiger partial charge in [-0.2, -0.15) is 4.98 Å². The lowest BCUT2D eigenvalue weighted by Gasteiger charge is -1.99. The van der Waals surface area contributed by atoms with Gasteiger partial charge in [0.05, 0.1) is 13.0 Å². The SMILES string of the molecule is OCc1noc(CCOCC(F)F)n1. The number of hydrogen-bond acceptors (Lipinski definition) is 5. The van der Waals surface area contributed by atoms with E-state index in [1.54, 1.807) is 0 Å². The monoisotopic (exact) mass is 208 g/mol. The quantitative estimate of drug-likeness (QED) is 0.685. The van der Waals surface area contributed by atoms with E-state index in [9.17, 15) is 8.78 Å². The van der Waals surface area contributed by atoms with Gasteiger partial charge < -0.3 is 14.4 Å². The van der Waals surface area contributed by atoms with E-state index in [4.69, 9.17) is 5.11 Å². The Morgan fingerprint density at radius 2 is 2.29 bits per heavy atom. The summed E-state index contributed by atoms with van der Waals surface area (Å²) in [4.78, 5) is 3.75. The van der Waals surface area contributed by atoms with Crippen molar-refractivity contribution in [2.45, 2.75) is 19.5 Å². The Kier molecular flexibility index (Phi) is 4.41. The highest BCUT2D eigenvalue weighted by Crippen LogP contribution is 1.99. The lowest BCUT2D eigenvalue weighted by Crippen LogP contribution is -2.07. The first kappa shape index (κ1) is 11.0.